The third kappa shape index (κ3) is 3.65. The summed E-state index contributed by atoms with van der Waals surface area (Å²) < 4.78 is 12.3. The topological polar surface area (TPSA) is 55.6 Å². The Morgan fingerprint density at radius 2 is 1.88 bits per heavy atom. The molecule has 0 saturated carbocycles. The molecule has 1 amide bonds. The van der Waals surface area contributed by atoms with Crippen LogP contribution in [0.2, 0.25) is 0 Å². The number of amides is 1. The highest BCUT2D eigenvalue weighted by atomic mass is 79.9. The van der Waals surface area contributed by atoms with Gasteiger partial charge in [-0.15, -0.1) is 0 Å². The van der Waals surface area contributed by atoms with E-state index in [4.69, 9.17) is 9.15 Å². The van der Waals surface area contributed by atoms with Crippen LogP contribution in [-0.4, -0.2) is 17.4 Å². The SMILES string of the molecule is O=C1CCCN1c1ccc(OCc2coc(-c3ccc(Br)cc3)n2)cc1. The number of halogens is 1. The molecule has 0 radical (unpaired) electrons. The van der Waals surface area contributed by atoms with Gasteiger partial charge in [0, 0.05) is 28.7 Å². The first-order chi connectivity index (χ1) is 12.7. The van der Waals surface area contributed by atoms with Crippen molar-refractivity contribution in [2.45, 2.75) is 19.4 Å². The van der Waals surface area contributed by atoms with Crippen molar-refractivity contribution >= 4 is 27.5 Å². The second kappa shape index (κ2) is 7.33. The lowest BCUT2D eigenvalue weighted by atomic mass is 10.2. The summed E-state index contributed by atoms with van der Waals surface area (Å²) >= 11 is 3.41. The van der Waals surface area contributed by atoms with E-state index in [0.29, 0.717) is 18.9 Å². The smallest absolute Gasteiger partial charge is 0.227 e. The largest absolute Gasteiger partial charge is 0.487 e. The number of nitrogens with zero attached hydrogens (tertiary/aromatic N) is 2. The Balaban J connectivity index is 1.38. The average Bonchev–Trinajstić information content (AvgIpc) is 3.30. The molecule has 1 aliphatic heterocycles. The van der Waals surface area contributed by atoms with E-state index < -0.39 is 0 Å². The van der Waals surface area contributed by atoms with Gasteiger partial charge in [0.25, 0.3) is 0 Å². The summed E-state index contributed by atoms with van der Waals surface area (Å²) in [4.78, 5) is 18.0. The quantitative estimate of drug-likeness (QED) is 0.603. The Kier molecular flexibility index (Phi) is 4.75. The lowest BCUT2D eigenvalue weighted by Gasteiger charge is -2.15. The van der Waals surface area contributed by atoms with Crippen LogP contribution in [0, 0.1) is 0 Å². The number of rotatable bonds is 5. The van der Waals surface area contributed by atoms with Crippen LogP contribution in [0.25, 0.3) is 11.5 Å². The molecule has 1 saturated heterocycles. The summed E-state index contributed by atoms with van der Waals surface area (Å²) in [5.41, 5.74) is 2.56. The number of aromatic nitrogens is 1. The van der Waals surface area contributed by atoms with Gasteiger partial charge in [-0.25, -0.2) is 4.98 Å². The molecule has 26 heavy (non-hydrogen) atoms. The molecule has 3 aromatic rings. The summed E-state index contributed by atoms with van der Waals surface area (Å²) in [7, 11) is 0. The fourth-order valence-corrected chi connectivity index (χ4v) is 3.16. The minimum absolute atomic E-state index is 0.182. The first kappa shape index (κ1) is 16.8. The number of ether oxygens (including phenoxy) is 1. The predicted octanol–water partition coefficient (Wildman–Crippen LogP) is 4.81. The molecule has 5 nitrogen and oxygen atoms in total. The number of anilines is 1. The molecule has 0 spiro atoms. The van der Waals surface area contributed by atoms with Gasteiger partial charge in [-0.3, -0.25) is 4.79 Å². The molecule has 2 heterocycles. The Labute approximate surface area is 159 Å². The monoisotopic (exact) mass is 412 g/mol. The molecule has 1 aliphatic rings. The molecule has 132 valence electrons. The van der Waals surface area contributed by atoms with E-state index in [1.807, 2.05) is 53.4 Å². The lowest BCUT2D eigenvalue weighted by Crippen LogP contribution is -2.23. The molecular weight excluding hydrogens is 396 g/mol. The van der Waals surface area contributed by atoms with E-state index in [2.05, 4.69) is 20.9 Å². The Hall–Kier alpha value is -2.60. The van der Waals surface area contributed by atoms with Gasteiger partial charge in [-0.1, -0.05) is 15.9 Å². The number of oxazole rings is 1. The summed E-state index contributed by atoms with van der Waals surface area (Å²) in [6.07, 6.45) is 3.16. The van der Waals surface area contributed by atoms with Crippen molar-refractivity contribution in [2.24, 2.45) is 0 Å². The van der Waals surface area contributed by atoms with Crippen molar-refractivity contribution in [3.63, 3.8) is 0 Å². The Morgan fingerprint density at radius 3 is 2.58 bits per heavy atom. The third-order valence-corrected chi connectivity index (χ3v) is 4.78. The second-order valence-corrected chi connectivity index (χ2v) is 7.00. The molecule has 0 aliphatic carbocycles. The summed E-state index contributed by atoms with van der Waals surface area (Å²) in [5.74, 6) is 1.48. The first-order valence-corrected chi connectivity index (χ1v) is 9.22. The molecule has 0 N–H and O–H groups in total. The van der Waals surface area contributed by atoms with E-state index in [0.717, 1.165) is 40.1 Å². The zero-order valence-electron chi connectivity index (χ0n) is 14.0. The summed E-state index contributed by atoms with van der Waals surface area (Å²) in [6, 6.07) is 15.3. The minimum Gasteiger partial charge on any atom is -0.487 e. The summed E-state index contributed by atoms with van der Waals surface area (Å²) in [5, 5.41) is 0. The maximum Gasteiger partial charge on any atom is 0.227 e. The van der Waals surface area contributed by atoms with Crippen molar-refractivity contribution in [1.29, 1.82) is 0 Å². The number of hydrogen-bond acceptors (Lipinski definition) is 4. The predicted molar refractivity (Wildman–Crippen MR) is 102 cm³/mol. The van der Waals surface area contributed by atoms with Gasteiger partial charge in [0.15, 0.2) is 0 Å². The Bertz CT molecular complexity index is 904. The normalized spacial score (nSPS) is 14.0. The maximum atomic E-state index is 11.8. The molecular formula is C20H17BrN2O3. The molecule has 1 aromatic heterocycles. The number of hydrogen-bond donors (Lipinski definition) is 0. The van der Waals surface area contributed by atoms with Crippen LogP contribution in [0.3, 0.4) is 0 Å². The van der Waals surface area contributed by atoms with E-state index in [-0.39, 0.29) is 5.91 Å². The molecule has 0 atom stereocenters. The lowest BCUT2D eigenvalue weighted by molar-refractivity contribution is -0.117. The van der Waals surface area contributed by atoms with Crippen molar-refractivity contribution in [3.05, 3.63) is 65.0 Å². The van der Waals surface area contributed by atoms with Crippen LogP contribution in [0.4, 0.5) is 5.69 Å². The van der Waals surface area contributed by atoms with Crippen LogP contribution < -0.4 is 9.64 Å². The molecule has 1 fully saturated rings. The number of benzene rings is 2. The number of carbonyl (C=O) groups is 1. The molecule has 6 heteroatoms. The van der Waals surface area contributed by atoms with E-state index >= 15 is 0 Å². The van der Waals surface area contributed by atoms with Crippen molar-refractivity contribution in [3.8, 4) is 17.2 Å². The van der Waals surface area contributed by atoms with Gasteiger partial charge in [0.1, 0.15) is 24.3 Å². The van der Waals surface area contributed by atoms with E-state index in [1.54, 1.807) is 6.26 Å². The zero-order valence-corrected chi connectivity index (χ0v) is 15.6. The Morgan fingerprint density at radius 1 is 1.12 bits per heavy atom. The van der Waals surface area contributed by atoms with Gasteiger partial charge >= 0.3 is 0 Å². The van der Waals surface area contributed by atoms with Gasteiger partial charge in [0.2, 0.25) is 11.8 Å². The van der Waals surface area contributed by atoms with Crippen LogP contribution in [0.15, 0.2) is 63.7 Å². The molecule has 0 unspecified atom stereocenters. The fourth-order valence-electron chi connectivity index (χ4n) is 2.90. The van der Waals surface area contributed by atoms with Gasteiger partial charge in [0.05, 0.1) is 0 Å². The second-order valence-electron chi connectivity index (χ2n) is 6.08. The molecule has 0 bridgehead atoms. The highest BCUT2D eigenvalue weighted by molar-refractivity contribution is 9.10. The van der Waals surface area contributed by atoms with Crippen molar-refractivity contribution in [1.82, 2.24) is 4.98 Å². The minimum atomic E-state index is 0.182. The fraction of sp³-hybridized carbons (Fsp3) is 0.200. The molecule has 2 aromatic carbocycles. The summed E-state index contributed by atoms with van der Waals surface area (Å²) in [6.45, 7) is 1.11. The standard InChI is InChI=1S/C20H17BrN2O3/c21-15-5-3-14(4-6-15)20-22-16(13-26-20)12-25-18-9-7-17(8-10-18)23-11-1-2-19(23)24/h3-10,13H,1-2,11-12H2. The van der Waals surface area contributed by atoms with Gasteiger partial charge in [-0.2, -0.15) is 0 Å². The van der Waals surface area contributed by atoms with Crippen LogP contribution >= 0.6 is 15.9 Å². The van der Waals surface area contributed by atoms with Crippen LogP contribution in [-0.2, 0) is 11.4 Å². The van der Waals surface area contributed by atoms with Gasteiger partial charge in [-0.05, 0) is 55.0 Å². The third-order valence-electron chi connectivity index (χ3n) is 4.25. The highest BCUT2D eigenvalue weighted by Crippen LogP contribution is 2.25. The van der Waals surface area contributed by atoms with Crippen molar-refractivity contribution in [2.75, 3.05) is 11.4 Å². The van der Waals surface area contributed by atoms with Crippen LogP contribution in [0.1, 0.15) is 18.5 Å². The zero-order chi connectivity index (χ0) is 17.9. The van der Waals surface area contributed by atoms with Crippen LogP contribution in [0.5, 0.6) is 5.75 Å². The molecule has 4 rings (SSSR count). The number of carbonyl (C=O) groups excluding carboxylic acids is 1. The average molecular weight is 413 g/mol. The first-order valence-electron chi connectivity index (χ1n) is 8.42. The highest BCUT2D eigenvalue weighted by Gasteiger charge is 2.21. The van der Waals surface area contributed by atoms with E-state index in [1.165, 1.54) is 0 Å². The van der Waals surface area contributed by atoms with Crippen molar-refractivity contribution < 1.29 is 13.9 Å². The van der Waals surface area contributed by atoms with Gasteiger partial charge < -0.3 is 14.1 Å². The maximum absolute atomic E-state index is 11.8. The van der Waals surface area contributed by atoms with E-state index in [9.17, 15) is 4.79 Å².